The van der Waals surface area contributed by atoms with Crippen LogP contribution in [0, 0.1) is 12.8 Å². The van der Waals surface area contributed by atoms with Gasteiger partial charge >= 0.3 is 0 Å². The Bertz CT molecular complexity index is 576. The molecule has 3 rings (SSSR count). The van der Waals surface area contributed by atoms with E-state index in [1.165, 1.54) is 0 Å². The second kappa shape index (κ2) is 7.75. The van der Waals surface area contributed by atoms with Crippen molar-refractivity contribution in [2.24, 2.45) is 5.92 Å². The van der Waals surface area contributed by atoms with Crippen LogP contribution in [0.3, 0.4) is 0 Å². The van der Waals surface area contributed by atoms with Crippen molar-refractivity contribution in [3.05, 3.63) is 35.9 Å². The molecule has 6 nitrogen and oxygen atoms in total. The lowest BCUT2D eigenvalue weighted by Crippen LogP contribution is -2.37. The molecule has 23 heavy (non-hydrogen) atoms. The van der Waals surface area contributed by atoms with Gasteiger partial charge in [-0.25, -0.2) is 0 Å². The summed E-state index contributed by atoms with van der Waals surface area (Å²) in [6, 6.07) is 4.37. The van der Waals surface area contributed by atoms with E-state index < -0.39 is 0 Å². The number of hydrogen-bond donors (Lipinski definition) is 1. The minimum Gasteiger partial charge on any atom is -0.469 e. The molecule has 1 aliphatic rings. The highest BCUT2D eigenvalue weighted by atomic mass is 16.5. The average molecular weight is 319 g/mol. The Labute approximate surface area is 136 Å². The molecule has 6 heteroatoms. The van der Waals surface area contributed by atoms with Crippen molar-refractivity contribution in [3.63, 3.8) is 0 Å². The number of aryl methyl sites for hydroxylation is 2. The van der Waals surface area contributed by atoms with E-state index in [9.17, 15) is 0 Å². The van der Waals surface area contributed by atoms with Crippen molar-refractivity contribution in [2.45, 2.75) is 51.6 Å². The van der Waals surface area contributed by atoms with Crippen LogP contribution in [0.4, 0.5) is 0 Å². The molecule has 1 N–H and O–H groups in total. The van der Waals surface area contributed by atoms with Gasteiger partial charge in [0.1, 0.15) is 5.76 Å². The fourth-order valence-electron chi connectivity index (χ4n) is 3.10. The minimum absolute atomic E-state index is 0.0895. The second-order valence-electron chi connectivity index (χ2n) is 6.29. The summed E-state index contributed by atoms with van der Waals surface area (Å²) >= 11 is 0. The number of nitrogens with one attached hydrogen (secondary N) is 1. The summed E-state index contributed by atoms with van der Waals surface area (Å²) in [5.41, 5.74) is 0. The second-order valence-corrected chi connectivity index (χ2v) is 6.29. The van der Waals surface area contributed by atoms with Crippen molar-refractivity contribution < 1.29 is 13.7 Å². The molecule has 0 radical (unpaired) electrons. The topological polar surface area (TPSA) is 73.3 Å². The summed E-state index contributed by atoms with van der Waals surface area (Å²) in [6.07, 6.45) is 5.68. The Morgan fingerprint density at radius 1 is 1.35 bits per heavy atom. The smallest absolute Gasteiger partial charge is 0.244 e. The van der Waals surface area contributed by atoms with Gasteiger partial charge in [0.15, 0.2) is 5.82 Å². The van der Waals surface area contributed by atoms with Crippen molar-refractivity contribution >= 4 is 0 Å². The van der Waals surface area contributed by atoms with E-state index in [-0.39, 0.29) is 6.04 Å². The maximum Gasteiger partial charge on any atom is 0.244 e. The first-order valence-electron chi connectivity index (χ1n) is 8.39. The molecule has 0 spiro atoms. The van der Waals surface area contributed by atoms with Gasteiger partial charge in [-0.15, -0.1) is 0 Å². The molecule has 0 unspecified atom stereocenters. The van der Waals surface area contributed by atoms with Crippen molar-refractivity contribution in [1.82, 2.24) is 15.5 Å². The largest absolute Gasteiger partial charge is 0.469 e. The van der Waals surface area contributed by atoms with Crippen LogP contribution in [0.1, 0.15) is 49.7 Å². The van der Waals surface area contributed by atoms with Crippen LogP contribution >= 0.6 is 0 Å². The number of rotatable bonds is 7. The average Bonchev–Trinajstić information content (AvgIpc) is 3.23. The van der Waals surface area contributed by atoms with Gasteiger partial charge in [0.05, 0.1) is 12.3 Å². The molecule has 0 aromatic carbocycles. The minimum atomic E-state index is 0.0895. The standard InChI is InChI=1S/C17H25N3O3/c1-12(5-6-15-4-3-9-22-15)18-16(14-7-10-21-11-8-14)17-19-13(2)20-23-17/h3-4,9,12,14,16,18H,5-8,10-11H2,1-2H3/t12-,16+/m0/s1. The van der Waals surface area contributed by atoms with E-state index in [4.69, 9.17) is 13.7 Å². The van der Waals surface area contributed by atoms with Crippen LogP contribution < -0.4 is 5.32 Å². The fraction of sp³-hybridized carbons (Fsp3) is 0.647. The van der Waals surface area contributed by atoms with Gasteiger partial charge in [0.25, 0.3) is 0 Å². The summed E-state index contributed by atoms with van der Waals surface area (Å²) < 4.78 is 16.3. The third kappa shape index (κ3) is 4.42. The molecule has 2 atom stereocenters. The Morgan fingerprint density at radius 3 is 2.83 bits per heavy atom. The molecule has 0 amide bonds. The molecule has 0 aliphatic carbocycles. The molecule has 0 bridgehead atoms. The molecule has 3 heterocycles. The van der Waals surface area contributed by atoms with E-state index in [1.807, 2.05) is 19.1 Å². The van der Waals surface area contributed by atoms with Crippen LogP contribution in [-0.2, 0) is 11.2 Å². The van der Waals surface area contributed by atoms with Gasteiger partial charge in [-0.3, -0.25) is 0 Å². The maximum atomic E-state index is 5.49. The predicted octanol–water partition coefficient (Wildman–Crippen LogP) is 3.05. The highest BCUT2D eigenvalue weighted by molar-refractivity contribution is 5.00. The first-order chi connectivity index (χ1) is 11.2. The first-order valence-corrected chi connectivity index (χ1v) is 8.39. The lowest BCUT2D eigenvalue weighted by molar-refractivity contribution is 0.0469. The van der Waals surface area contributed by atoms with Crippen LogP contribution in [0.2, 0.25) is 0 Å². The third-order valence-electron chi connectivity index (χ3n) is 4.41. The van der Waals surface area contributed by atoms with Crippen LogP contribution in [0.5, 0.6) is 0 Å². The summed E-state index contributed by atoms with van der Waals surface area (Å²) in [5.74, 6) is 2.87. The molecule has 126 valence electrons. The highest BCUT2D eigenvalue weighted by Gasteiger charge is 2.30. The zero-order chi connectivity index (χ0) is 16.1. The number of nitrogens with zero attached hydrogens (tertiary/aromatic N) is 2. The van der Waals surface area contributed by atoms with Gasteiger partial charge in [-0.05, 0) is 51.2 Å². The molecular weight excluding hydrogens is 294 g/mol. The van der Waals surface area contributed by atoms with Gasteiger partial charge in [-0.2, -0.15) is 4.98 Å². The van der Waals surface area contributed by atoms with Gasteiger partial charge < -0.3 is 19.0 Å². The SMILES string of the molecule is Cc1noc([C@H](N[C@@H](C)CCc2ccco2)C2CCOCC2)n1. The Kier molecular flexibility index (Phi) is 5.46. The molecule has 1 aliphatic heterocycles. The van der Waals surface area contributed by atoms with Crippen LogP contribution in [0.15, 0.2) is 27.3 Å². The van der Waals surface area contributed by atoms with E-state index in [1.54, 1.807) is 6.26 Å². The molecule has 2 aromatic rings. The van der Waals surface area contributed by atoms with Gasteiger partial charge in [-0.1, -0.05) is 5.16 Å². The third-order valence-corrected chi connectivity index (χ3v) is 4.41. The summed E-state index contributed by atoms with van der Waals surface area (Å²) in [6.45, 7) is 5.65. The zero-order valence-corrected chi connectivity index (χ0v) is 13.8. The van der Waals surface area contributed by atoms with E-state index in [0.717, 1.165) is 44.7 Å². The summed E-state index contributed by atoms with van der Waals surface area (Å²) in [5, 5.41) is 7.64. The summed E-state index contributed by atoms with van der Waals surface area (Å²) in [4.78, 5) is 4.45. The lowest BCUT2D eigenvalue weighted by Gasteiger charge is -2.30. The van der Waals surface area contributed by atoms with Crippen molar-refractivity contribution in [2.75, 3.05) is 13.2 Å². The Balaban J connectivity index is 1.62. The number of hydrogen-bond acceptors (Lipinski definition) is 6. The molecular formula is C17H25N3O3. The quantitative estimate of drug-likeness (QED) is 0.845. The van der Waals surface area contributed by atoms with E-state index in [2.05, 4.69) is 22.4 Å². The Hall–Kier alpha value is -1.66. The van der Waals surface area contributed by atoms with E-state index >= 15 is 0 Å². The molecule has 1 saturated heterocycles. The van der Waals surface area contributed by atoms with Crippen LogP contribution in [0.25, 0.3) is 0 Å². The number of aromatic nitrogens is 2. The predicted molar refractivity (Wildman–Crippen MR) is 84.9 cm³/mol. The maximum absolute atomic E-state index is 5.49. The Morgan fingerprint density at radius 2 is 2.17 bits per heavy atom. The fourth-order valence-corrected chi connectivity index (χ4v) is 3.10. The molecule has 1 fully saturated rings. The monoisotopic (exact) mass is 319 g/mol. The normalized spacial score (nSPS) is 18.9. The highest BCUT2D eigenvalue weighted by Crippen LogP contribution is 2.30. The van der Waals surface area contributed by atoms with E-state index in [0.29, 0.717) is 23.7 Å². The molecule has 0 saturated carbocycles. The number of ether oxygens (including phenoxy) is 1. The molecule has 2 aromatic heterocycles. The summed E-state index contributed by atoms with van der Waals surface area (Å²) in [7, 11) is 0. The van der Waals surface area contributed by atoms with Gasteiger partial charge in [0, 0.05) is 25.7 Å². The van der Waals surface area contributed by atoms with Crippen LogP contribution in [-0.4, -0.2) is 29.4 Å². The zero-order valence-electron chi connectivity index (χ0n) is 13.8. The van der Waals surface area contributed by atoms with Crippen molar-refractivity contribution in [3.8, 4) is 0 Å². The van der Waals surface area contributed by atoms with Gasteiger partial charge in [0.2, 0.25) is 5.89 Å². The number of furan rings is 1. The lowest BCUT2D eigenvalue weighted by atomic mass is 9.90. The van der Waals surface area contributed by atoms with Crippen molar-refractivity contribution in [1.29, 1.82) is 0 Å². The first kappa shape index (κ1) is 16.2.